The Kier molecular flexibility index (Phi) is 4.50. The van der Waals surface area contributed by atoms with Gasteiger partial charge < -0.3 is 15.1 Å². The van der Waals surface area contributed by atoms with Crippen molar-refractivity contribution < 1.29 is 10.2 Å². The van der Waals surface area contributed by atoms with Crippen molar-refractivity contribution in [3.63, 3.8) is 0 Å². The molecule has 1 heterocycles. The van der Waals surface area contributed by atoms with Gasteiger partial charge in [0.2, 0.25) is 0 Å². The number of hydrogen-bond acceptors (Lipinski definition) is 3. The summed E-state index contributed by atoms with van der Waals surface area (Å²) in [5, 5.41) is 18.8. The second-order valence-electron chi connectivity index (χ2n) is 3.40. The lowest BCUT2D eigenvalue weighted by Gasteiger charge is -2.18. The molecule has 0 saturated carbocycles. The lowest BCUT2D eigenvalue weighted by Crippen LogP contribution is -2.31. The molecule has 2 unspecified atom stereocenters. The minimum absolute atomic E-state index is 0.276. The van der Waals surface area contributed by atoms with Gasteiger partial charge in [-0.25, -0.2) is 0 Å². The van der Waals surface area contributed by atoms with Gasteiger partial charge in [0.05, 0.1) is 6.10 Å². The van der Waals surface area contributed by atoms with Gasteiger partial charge in [0, 0.05) is 25.0 Å². The summed E-state index contributed by atoms with van der Waals surface area (Å²) >= 11 is 3.23. The normalized spacial score (nSPS) is 27.8. The summed E-state index contributed by atoms with van der Waals surface area (Å²) in [7, 11) is 0. The highest BCUT2D eigenvalue weighted by Gasteiger charge is 2.22. The lowest BCUT2D eigenvalue weighted by molar-refractivity contribution is 0.139. The van der Waals surface area contributed by atoms with E-state index in [-0.39, 0.29) is 12.7 Å². The number of alkyl halides is 1. The van der Waals surface area contributed by atoms with Crippen LogP contribution in [-0.4, -0.2) is 52.8 Å². The molecule has 0 radical (unpaired) electrons. The zero-order valence-electron chi connectivity index (χ0n) is 7.12. The number of hydrogen-bond donors (Lipinski definition) is 2. The molecule has 0 aromatic rings. The van der Waals surface area contributed by atoms with Crippen LogP contribution in [0.3, 0.4) is 0 Å². The van der Waals surface area contributed by atoms with E-state index in [0.29, 0.717) is 11.2 Å². The molecule has 72 valence electrons. The van der Waals surface area contributed by atoms with Crippen LogP contribution in [0.5, 0.6) is 0 Å². The fraction of sp³-hybridized carbons (Fsp3) is 1.00. The highest BCUT2D eigenvalue weighted by molar-refractivity contribution is 9.09. The van der Waals surface area contributed by atoms with Gasteiger partial charge in [0.15, 0.2) is 0 Å². The van der Waals surface area contributed by atoms with Crippen molar-refractivity contribution >= 4 is 15.9 Å². The second kappa shape index (κ2) is 5.17. The van der Waals surface area contributed by atoms with E-state index in [1.54, 1.807) is 0 Å². The van der Waals surface area contributed by atoms with Crippen LogP contribution in [0.15, 0.2) is 0 Å². The molecule has 2 atom stereocenters. The van der Waals surface area contributed by atoms with Gasteiger partial charge in [-0.15, -0.1) is 0 Å². The second-order valence-corrected chi connectivity index (χ2v) is 4.05. The molecular formula is C8H16BrNO2. The number of β-amino-alcohol motifs (C(OH)–C–C–N with tert-alkyl or cyclic N) is 1. The maximum Gasteiger partial charge on any atom is 0.0763 e. The van der Waals surface area contributed by atoms with Crippen molar-refractivity contribution in [1.82, 2.24) is 4.90 Å². The molecular weight excluding hydrogens is 222 g/mol. The first-order valence-electron chi connectivity index (χ1n) is 4.33. The number of nitrogens with zero attached hydrogens (tertiary/aromatic N) is 1. The van der Waals surface area contributed by atoms with Crippen molar-refractivity contribution in [2.45, 2.75) is 12.5 Å². The Morgan fingerprint density at radius 1 is 1.58 bits per heavy atom. The molecule has 0 bridgehead atoms. The summed E-state index contributed by atoms with van der Waals surface area (Å²) in [5.41, 5.74) is 0. The first-order chi connectivity index (χ1) is 5.76. The highest BCUT2D eigenvalue weighted by Crippen LogP contribution is 2.15. The number of likely N-dealkylation sites (tertiary alicyclic amines) is 1. The number of aliphatic hydroxyl groups excluding tert-OH is 2. The largest absolute Gasteiger partial charge is 0.396 e. The van der Waals surface area contributed by atoms with Gasteiger partial charge in [-0.2, -0.15) is 0 Å². The van der Waals surface area contributed by atoms with Crippen molar-refractivity contribution in [2.75, 3.05) is 31.6 Å². The predicted octanol–water partition coefficient (Wildman–Crippen LogP) is 0.0564. The average Bonchev–Trinajstić information content (AvgIpc) is 2.52. The zero-order chi connectivity index (χ0) is 8.97. The smallest absolute Gasteiger partial charge is 0.0763 e. The quantitative estimate of drug-likeness (QED) is 0.680. The maximum atomic E-state index is 9.33. The van der Waals surface area contributed by atoms with Crippen LogP contribution in [0.4, 0.5) is 0 Å². The fourth-order valence-electron chi connectivity index (χ4n) is 1.57. The Morgan fingerprint density at radius 3 is 2.83 bits per heavy atom. The summed E-state index contributed by atoms with van der Waals surface area (Å²) in [4.78, 5) is 2.20. The molecule has 3 nitrogen and oxygen atoms in total. The van der Waals surface area contributed by atoms with Gasteiger partial charge >= 0.3 is 0 Å². The third-order valence-electron chi connectivity index (χ3n) is 2.28. The van der Waals surface area contributed by atoms with Gasteiger partial charge in [-0.3, -0.25) is 0 Å². The zero-order valence-corrected chi connectivity index (χ0v) is 8.70. The molecule has 0 spiro atoms. The first kappa shape index (κ1) is 10.4. The standard InChI is InChI=1S/C8H16BrNO2/c9-3-8(12)5-10-2-1-7(4-10)6-11/h7-8,11-12H,1-6H2. The molecule has 12 heavy (non-hydrogen) atoms. The van der Waals surface area contributed by atoms with Crippen LogP contribution >= 0.6 is 15.9 Å². The summed E-state index contributed by atoms with van der Waals surface area (Å²) in [6.07, 6.45) is 0.786. The topological polar surface area (TPSA) is 43.7 Å². The third-order valence-corrected chi connectivity index (χ3v) is 3.02. The van der Waals surface area contributed by atoms with Crippen LogP contribution in [0, 0.1) is 5.92 Å². The minimum atomic E-state index is -0.276. The summed E-state index contributed by atoms with van der Waals surface area (Å²) in [6, 6.07) is 0. The molecule has 1 aliphatic heterocycles. The molecule has 1 aliphatic rings. The molecule has 2 N–H and O–H groups in total. The Balaban J connectivity index is 2.18. The number of aliphatic hydroxyl groups is 2. The van der Waals surface area contributed by atoms with Crippen molar-refractivity contribution in [2.24, 2.45) is 5.92 Å². The van der Waals surface area contributed by atoms with Gasteiger partial charge in [0.1, 0.15) is 0 Å². The Labute approximate surface area is 81.5 Å². The summed E-state index contributed by atoms with van der Waals surface area (Å²) in [5.74, 6) is 0.424. The molecule has 0 aromatic carbocycles. The predicted molar refractivity (Wildman–Crippen MR) is 51.4 cm³/mol. The average molecular weight is 238 g/mol. The Hall–Kier alpha value is 0.360. The molecule has 1 rings (SSSR count). The van der Waals surface area contributed by atoms with E-state index in [1.165, 1.54) is 0 Å². The van der Waals surface area contributed by atoms with E-state index < -0.39 is 0 Å². The van der Waals surface area contributed by atoms with Crippen LogP contribution < -0.4 is 0 Å². The van der Waals surface area contributed by atoms with E-state index in [1.807, 2.05) is 0 Å². The van der Waals surface area contributed by atoms with E-state index in [9.17, 15) is 5.11 Å². The van der Waals surface area contributed by atoms with Crippen LogP contribution in [-0.2, 0) is 0 Å². The molecule has 0 amide bonds. The van der Waals surface area contributed by atoms with E-state index >= 15 is 0 Å². The molecule has 1 fully saturated rings. The van der Waals surface area contributed by atoms with Crippen molar-refractivity contribution in [1.29, 1.82) is 0 Å². The minimum Gasteiger partial charge on any atom is -0.396 e. The molecule has 1 saturated heterocycles. The van der Waals surface area contributed by atoms with Crippen LogP contribution in [0.1, 0.15) is 6.42 Å². The third kappa shape index (κ3) is 3.01. The Bertz CT molecular complexity index is 134. The van der Waals surface area contributed by atoms with Gasteiger partial charge in [-0.1, -0.05) is 15.9 Å². The molecule has 0 aromatic heterocycles. The highest BCUT2D eigenvalue weighted by atomic mass is 79.9. The van der Waals surface area contributed by atoms with Crippen molar-refractivity contribution in [3.05, 3.63) is 0 Å². The first-order valence-corrected chi connectivity index (χ1v) is 5.45. The monoisotopic (exact) mass is 237 g/mol. The number of halogens is 1. The van der Waals surface area contributed by atoms with Gasteiger partial charge in [0.25, 0.3) is 0 Å². The maximum absolute atomic E-state index is 9.33. The van der Waals surface area contributed by atoms with Gasteiger partial charge in [-0.05, 0) is 18.9 Å². The van der Waals surface area contributed by atoms with E-state index in [4.69, 9.17) is 5.11 Å². The SMILES string of the molecule is OCC1CCN(CC(O)CBr)C1. The summed E-state index contributed by atoms with van der Waals surface area (Å²) in [6.45, 7) is 2.94. The molecule has 0 aliphatic carbocycles. The number of rotatable bonds is 4. The lowest BCUT2D eigenvalue weighted by atomic mass is 10.1. The Morgan fingerprint density at radius 2 is 2.33 bits per heavy atom. The van der Waals surface area contributed by atoms with Crippen molar-refractivity contribution in [3.8, 4) is 0 Å². The summed E-state index contributed by atoms with van der Waals surface area (Å²) < 4.78 is 0. The molecule has 4 heteroatoms. The van der Waals surface area contributed by atoms with E-state index in [2.05, 4.69) is 20.8 Å². The van der Waals surface area contributed by atoms with Crippen LogP contribution in [0.25, 0.3) is 0 Å². The van der Waals surface area contributed by atoms with E-state index in [0.717, 1.165) is 26.1 Å². The fourth-order valence-corrected chi connectivity index (χ4v) is 1.78. The van der Waals surface area contributed by atoms with Crippen LogP contribution in [0.2, 0.25) is 0 Å².